The Morgan fingerprint density at radius 3 is 3.05 bits per heavy atom. The Bertz CT molecular complexity index is 632. The van der Waals surface area contributed by atoms with Crippen LogP contribution in [-0.4, -0.2) is 26.9 Å². The molecule has 0 unspecified atom stereocenters. The summed E-state index contributed by atoms with van der Waals surface area (Å²) < 4.78 is 2.07. The number of imidazole rings is 1. The number of nitrogens with zero attached hydrogens (tertiary/aromatic N) is 3. The molecule has 19 heavy (non-hydrogen) atoms. The highest BCUT2D eigenvalue weighted by molar-refractivity contribution is 5.99. The van der Waals surface area contributed by atoms with Gasteiger partial charge in [-0.1, -0.05) is 12.1 Å². The number of benzene rings is 1. The zero-order chi connectivity index (χ0) is 13.4. The van der Waals surface area contributed by atoms with E-state index in [1.54, 1.807) is 17.2 Å². The van der Waals surface area contributed by atoms with Crippen molar-refractivity contribution in [2.75, 3.05) is 12.3 Å². The van der Waals surface area contributed by atoms with Gasteiger partial charge in [-0.2, -0.15) is 0 Å². The number of hydrogen-bond donors (Lipinski definition) is 1. The lowest BCUT2D eigenvalue weighted by atomic mass is 10.1. The number of para-hydroxylation sites is 1. The number of nitrogen functional groups attached to an aromatic ring is 1. The Balaban J connectivity index is 1.88. The quantitative estimate of drug-likeness (QED) is 0.785. The van der Waals surface area contributed by atoms with Gasteiger partial charge in [-0.15, -0.1) is 0 Å². The number of hydrogen-bond acceptors (Lipinski definition) is 3. The second-order valence-corrected chi connectivity index (χ2v) is 4.80. The van der Waals surface area contributed by atoms with Gasteiger partial charge in [-0.05, 0) is 18.6 Å². The summed E-state index contributed by atoms with van der Waals surface area (Å²) in [4.78, 5) is 18.6. The fourth-order valence-electron chi connectivity index (χ4n) is 2.38. The van der Waals surface area contributed by atoms with Gasteiger partial charge in [0.05, 0.1) is 12.1 Å². The maximum atomic E-state index is 12.5. The first-order valence-corrected chi connectivity index (χ1v) is 6.31. The monoisotopic (exact) mass is 256 g/mol. The van der Waals surface area contributed by atoms with Gasteiger partial charge in [0.25, 0.3) is 5.91 Å². The first kappa shape index (κ1) is 11.8. The number of carbonyl (C=O) groups excluding carboxylic acids is 1. The molecule has 0 saturated heterocycles. The van der Waals surface area contributed by atoms with Crippen LogP contribution >= 0.6 is 0 Å². The van der Waals surface area contributed by atoms with Crippen LogP contribution in [0.2, 0.25) is 0 Å². The molecule has 0 radical (unpaired) electrons. The number of anilines is 1. The second-order valence-electron chi connectivity index (χ2n) is 4.80. The van der Waals surface area contributed by atoms with Crippen molar-refractivity contribution in [3.05, 3.63) is 47.5 Å². The molecule has 1 aliphatic heterocycles. The number of aromatic nitrogens is 2. The summed E-state index contributed by atoms with van der Waals surface area (Å²) in [6, 6.07) is 5.56. The standard InChI is InChI=1S/C14H16N4O/c1-10-3-2-4-11(13(10)15)14(19)18-8-7-17-6-5-16-12(17)9-18/h2-6H,7-9,15H2,1H3. The summed E-state index contributed by atoms with van der Waals surface area (Å²) in [6.07, 6.45) is 3.71. The maximum absolute atomic E-state index is 12.5. The van der Waals surface area contributed by atoms with Crippen LogP contribution in [0, 0.1) is 6.92 Å². The Morgan fingerprint density at radius 1 is 1.37 bits per heavy atom. The molecule has 0 aliphatic carbocycles. The van der Waals surface area contributed by atoms with Crippen LogP contribution in [0.5, 0.6) is 0 Å². The molecular weight excluding hydrogens is 240 g/mol. The SMILES string of the molecule is Cc1cccc(C(=O)N2CCn3ccnc3C2)c1N. The Hall–Kier alpha value is -2.30. The molecule has 5 heteroatoms. The van der Waals surface area contributed by atoms with E-state index in [0.29, 0.717) is 24.3 Å². The van der Waals surface area contributed by atoms with Crippen LogP contribution in [0.1, 0.15) is 21.7 Å². The third-order valence-corrected chi connectivity index (χ3v) is 3.59. The van der Waals surface area contributed by atoms with Crippen LogP contribution in [0.4, 0.5) is 5.69 Å². The lowest BCUT2D eigenvalue weighted by molar-refractivity contribution is 0.0708. The van der Waals surface area contributed by atoms with Crippen LogP contribution in [0.15, 0.2) is 30.6 Å². The van der Waals surface area contributed by atoms with Gasteiger partial charge in [0, 0.05) is 31.2 Å². The average Bonchev–Trinajstić information content (AvgIpc) is 2.88. The maximum Gasteiger partial charge on any atom is 0.256 e. The van der Waals surface area contributed by atoms with Crippen molar-refractivity contribution in [3.63, 3.8) is 0 Å². The number of carbonyl (C=O) groups is 1. The summed E-state index contributed by atoms with van der Waals surface area (Å²) >= 11 is 0. The predicted molar refractivity (Wildman–Crippen MR) is 72.6 cm³/mol. The average molecular weight is 256 g/mol. The van der Waals surface area contributed by atoms with E-state index in [1.807, 2.05) is 25.3 Å². The fourth-order valence-corrected chi connectivity index (χ4v) is 2.38. The zero-order valence-corrected chi connectivity index (χ0v) is 10.8. The molecule has 0 fully saturated rings. The molecule has 2 aromatic rings. The summed E-state index contributed by atoms with van der Waals surface area (Å²) in [5.41, 5.74) is 8.09. The molecule has 1 aliphatic rings. The minimum absolute atomic E-state index is 0.0181. The summed E-state index contributed by atoms with van der Waals surface area (Å²) in [5.74, 6) is 0.904. The lowest BCUT2D eigenvalue weighted by Gasteiger charge is -2.28. The molecule has 98 valence electrons. The van der Waals surface area contributed by atoms with Gasteiger partial charge < -0.3 is 15.2 Å². The van der Waals surface area contributed by atoms with Gasteiger partial charge in [-0.3, -0.25) is 4.79 Å². The van der Waals surface area contributed by atoms with Crippen molar-refractivity contribution < 1.29 is 4.79 Å². The van der Waals surface area contributed by atoms with Gasteiger partial charge >= 0.3 is 0 Å². The van der Waals surface area contributed by atoms with Crippen LogP contribution in [0.3, 0.4) is 0 Å². The molecule has 0 saturated carbocycles. The van der Waals surface area contributed by atoms with Gasteiger partial charge in [0.2, 0.25) is 0 Å². The molecule has 0 bridgehead atoms. The first-order chi connectivity index (χ1) is 9.16. The van der Waals surface area contributed by atoms with Crippen molar-refractivity contribution in [2.24, 2.45) is 0 Å². The number of rotatable bonds is 1. The minimum Gasteiger partial charge on any atom is -0.398 e. The molecule has 3 rings (SSSR count). The third-order valence-electron chi connectivity index (χ3n) is 3.59. The Morgan fingerprint density at radius 2 is 2.21 bits per heavy atom. The van der Waals surface area contributed by atoms with E-state index < -0.39 is 0 Å². The van der Waals surface area contributed by atoms with E-state index in [9.17, 15) is 4.79 Å². The van der Waals surface area contributed by atoms with Crippen LogP contribution in [-0.2, 0) is 13.1 Å². The van der Waals surface area contributed by atoms with E-state index >= 15 is 0 Å². The van der Waals surface area contributed by atoms with E-state index in [-0.39, 0.29) is 5.91 Å². The Kier molecular flexibility index (Phi) is 2.74. The Labute approximate surface area is 111 Å². The summed E-state index contributed by atoms with van der Waals surface area (Å²) in [6.45, 7) is 3.93. The fraction of sp³-hybridized carbons (Fsp3) is 0.286. The molecule has 1 amide bonds. The molecule has 0 spiro atoms. The van der Waals surface area contributed by atoms with E-state index in [2.05, 4.69) is 9.55 Å². The smallest absolute Gasteiger partial charge is 0.256 e. The van der Waals surface area contributed by atoms with E-state index in [0.717, 1.165) is 17.9 Å². The molecule has 2 heterocycles. The zero-order valence-electron chi connectivity index (χ0n) is 10.8. The second kappa shape index (κ2) is 4.42. The van der Waals surface area contributed by atoms with Gasteiger partial charge in [0.15, 0.2) is 0 Å². The molecule has 1 aromatic heterocycles. The van der Waals surface area contributed by atoms with Crippen molar-refractivity contribution in [1.29, 1.82) is 0 Å². The molecule has 2 N–H and O–H groups in total. The predicted octanol–water partition coefficient (Wildman–Crippen LogP) is 1.43. The minimum atomic E-state index is -0.0181. The van der Waals surface area contributed by atoms with Crippen molar-refractivity contribution in [3.8, 4) is 0 Å². The largest absolute Gasteiger partial charge is 0.398 e. The lowest BCUT2D eigenvalue weighted by Crippen LogP contribution is -2.38. The van der Waals surface area contributed by atoms with E-state index in [1.165, 1.54) is 0 Å². The van der Waals surface area contributed by atoms with Crippen molar-refractivity contribution in [2.45, 2.75) is 20.0 Å². The number of amides is 1. The third kappa shape index (κ3) is 1.97. The highest BCUT2D eigenvalue weighted by Crippen LogP contribution is 2.20. The molecule has 0 atom stereocenters. The van der Waals surface area contributed by atoms with Gasteiger partial charge in [-0.25, -0.2) is 4.98 Å². The highest BCUT2D eigenvalue weighted by atomic mass is 16.2. The normalized spacial score (nSPS) is 14.3. The van der Waals surface area contributed by atoms with Gasteiger partial charge in [0.1, 0.15) is 5.82 Å². The summed E-state index contributed by atoms with van der Waals surface area (Å²) in [7, 11) is 0. The molecule has 5 nitrogen and oxygen atoms in total. The number of aryl methyl sites for hydroxylation is 1. The molecule has 1 aromatic carbocycles. The molecular formula is C14H16N4O. The van der Waals surface area contributed by atoms with Crippen molar-refractivity contribution in [1.82, 2.24) is 14.5 Å². The van der Waals surface area contributed by atoms with E-state index in [4.69, 9.17) is 5.73 Å². The summed E-state index contributed by atoms with van der Waals surface area (Å²) in [5, 5.41) is 0. The topological polar surface area (TPSA) is 64.2 Å². The number of fused-ring (bicyclic) bond motifs is 1. The van der Waals surface area contributed by atoms with Crippen LogP contribution < -0.4 is 5.73 Å². The number of nitrogens with two attached hydrogens (primary N) is 1. The first-order valence-electron chi connectivity index (χ1n) is 6.31. The van der Waals surface area contributed by atoms with Crippen molar-refractivity contribution >= 4 is 11.6 Å². The highest BCUT2D eigenvalue weighted by Gasteiger charge is 2.23. The van der Waals surface area contributed by atoms with Crippen LogP contribution in [0.25, 0.3) is 0 Å².